The van der Waals surface area contributed by atoms with Gasteiger partial charge in [-0.15, -0.1) is 0 Å². The number of nitrogens with one attached hydrogen (secondary N) is 2. The van der Waals surface area contributed by atoms with Crippen molar-refractivity contribution in [1.82, 2.24) is 10.6 Å². The van der Waals surface area contributed by atoms with E-state index in [0.717, 1.165) is 11.1 Å². The van der Waals surface area contributed by atoms with E-state index < -0.39 is 47.9 Å². The van der Waals surface area contributed by atoms with Gasteiger partial charge in [0, 0.05) is 25.3 Å². The first-order chi connectivity index (χ1) is 21.0. The summed E-state index contributed by atoms with van der Waals surface area (Å²) < 4.78 is 16.8. The molecular weight excluding hydrogens is 560 g/mol. The summed E-state index contributed by atoms with van der Waals surface area (Å²) in [4.78, 5) is 52.6. The molecule has 1 aliphatic heterocycles. The lowest BCUT2D eigenvalue weighted by molar-refractivity contribution is -0.175. The van der Waals surface area contributed by atoms with Crippen LogP contribution in [0.25, 0.3) is 6.08 Å². The number of cyclic esters (lactones) is 2. The first kappa shape index (κ1) is 34.1. The monoisotopic (exact) mass is 604 g/mol. The smallest absolute Gasteiger partial charge is 0.347 e. The van der Waals surface area contributed by atoms with E-state index in [1.54, 1.807) is 32.2 Å². The summed E-state index contributed by atoms with van der Waals surface area (Å²) in [6, 6.07) is 16.1. The van der Waals surface area contributed by atoms with Gasteiger partial charge < -0.3 is 24.8 Å². The molecule has 1 heterocycles. The number of carbonyl (C=O) groups excluding carboxylic acids is 4. The molecule has 1 aliphatic rings. The predicted molar refractivity (Wildman–Crippen MR) is 168 cm³/mol. The second-order valence-corrected chi connectivity index (χ2v) is 11.6. The predicted octanol–water partition coefficient (Wildman–Crippen LogP) is 4.65. The van der Waals surface area contributed by atoms with Crippen LogP contribution in [-0.4, -0.2) is 55.7 Å². The van der Waals surface area contributed by atoms with E-state index in [2.05, 4.69) is 10.6 Å². The molecule has 236 valence electrons. The number of benzene rings is 2. The van der Waals surface area contributed by atoms with Crippen LogP contribution in [0, 0.1) is 17.8 Å². The average Bonchev–Trinajstić information content (AvgIpc) is 3.01. The van der Waals surface area contributed by atoms with Gasteiger partial charge in [-0.2, -0.15) is 0 Å². The maximum absolute atomic E-state index is 13.4. The Kier molecular flexibility index (Phi) is 13.2. The van der Waals surface area contributed by atoms with Gasteiger partial charge in [0.15, 0.2) is 6.10 Å². The number of rotatable bonds is 8. The van der Waals surface area contributed by atoms with Gasteiger partial charge in [0.1, 0.15) is 17.9 Å². The van der Waals surface area contributed by atoms with Crippen molar-refractivity contribution < 1.29 is 33.4 Å². The van der Waals surface area contributed by atoms with Gasteiger partial charge in [-0.05, 0) is 41.7 Å². The highest BCUT2D eigenvalue weighted by atomic mass is 16.6. The molecule has 0 saturated carbocycles. The summed E-state index contributed by atoms with van der Waals surface area (Å²) in [6.45, 7) is 7.36. The lowest BCUT2D eigenvalue weighted by Gasteiger charge is -2.26. The Hall–Kier alpha value is -4.40. The molecule has 0 aliphatic carbocycles. The maximum Gasteiger partial charge on any atom is 0.347 e. The minimum Gasteiger partial charge on any atom is -0.497 e. The Labute approximate surface area is 260 Å². The summed E-state index contributed by atoms with van der Waals surface area (Å²) in [5.41, 5.74) is 1.82. The number of esters is 2. The molecule has 0 radical (unpaired) electrons. The van der Waals surface area contributed by atoms with Gasteiger partial charge in [0.2, 0.25) is 11.8 Å². The van der Waals surface area contributed by atoms with Crippen molar-refractivity contribution in [2.24, 2.45) is 17.8 Å². The van der Waals surface area contributed by atoms with E-state index in [4.69, 9.17) is 14.2 Å². The SMILES string of the molecule is COc1ccc(C[C@H]2NC(=O)/C=C/C[C@@H]([C@@H](C)/C=C/c3ccccc3)OC(=O)[C@H](CC(C)C)OC(=O)[C@H](C)CNC2=O)cc1. The second kappa shape index (κ2) is 17.0. The van der Waals surface area contributed by atoms with Crippen LogP contribution in [-0.2, 0) is 35.1 Å². The maximum atomic E-state index is 13.4. The summed E-state index contributed by atoms with van der Waals surface area (Å²) in [5.74, 6) is -2.41. The fourth-order valence-corrected chi connectivity index (χ4v) is 4.62. The van der Waals surface area contributed by atoms with Crippen molar-refractivity contribution in [2.75, 3.05) is 13.7 Å². The second-order valence-electron chi connectivity index (χ2n) is 11.6. The highest BCUT2D eigenvalue weighted by molar-refractivity contribution is 5.93. The van der Waals surface area contributed by atoms with Crippen LogP contribution >= 0.6 is 0 Å². The van der Waals surface area contributed by atoms with E-state index in [1.165, 1.54) is 6.08 Å². The molecule has 3 rings (SSSR count). The minimum absolute atomic E-state index is 0.0319. The number of ether oxygens (including phenoxy) is 3. The Morgan fingerprint density at radius 1 is 0.955 bits per heavy atom. The number of hydrogen-bond acceptors (Lipinski definition) is 7. The van der Waals surface area contributed by atoms with E-state index in [1.807, 2.05) is 75.4 Å². The normalized spacial score (nSPS) is 23.8. The average molecular weight is 605 g/mol. The highest BCUT2D eigenvalue weighted by Gasteiger charge is 2.31. The third-order valence-corrected chi connectivity index (χ3v) is 7.31. The standard InChI is InChI=1S/C35H44N2O7/c1-23(2)20-31-35(41)43-30(24(3)14-15-26-10-7-6-8-11-26)12-9-13-32(38)37-29(21-27-16-18-28(42-5)19-17-27)33(39)36-22-25(4)34(40)44-31/h6-11,13-19,23-25,29-31H,12,20-22H2,1-5H3,(H,36,39)(H,37,38)/b13-9+,15-14+/t24-,25+,29+,30-,31-/m0/s1. The Bertz CT molecular complexity index is 1300. The zero-order chi connectivity index (χ0) is 32.1. The molecule has 2 amide bonds. The van der Waals surface area contributed by atoms with Crippen LogP contribution in [0.4, 0.5) is 0 Å². The zero-order valence-corrected chi connectivity index (χ0v) is 26.2. The molecule has 0 spiro atoms. The van der Waals surface area contributed by atoms with E-state index in [-0.39, 0.29) is 37.6 Å². The van der Waals surface area contributed by atoms with Crippen LogP contribution in [0.3, 0.4) is 0 Å². The molecule has 0 fully saturated rings. The van der Waals surface area contributed by atoms with Crippen LogP contribution in [0.15, 0.2) is 72.8 Å². The molecule has 2 aromatic carbocycles. The van der Waals surface area contributed by atoms with Crippen LogP contribution < -0.4 is 15.4 Å². The van der Waals surface area contributed by atoms with Gasteiger partial charge in [0.25, 0.3) is 0 Å². The van der Waals surface area contributed by atoms with Gasteiger partial charge in [0.05, 0.1) is 13.0 Å². The van der Waals surface area contributed by atoms with Crippen LogP contribution in [0.5, 0.6) is 5.75 Å². The summed E-state index contributed by atoms with van der Waals surface area (Å²) in [5, 5.41) is 5.52. The summed E-state index contributed by atoms with van der Waals surface area (Å²) in [7, 11) is 1.57. The molecule has 9 heteroatoms. The molecule has 0 aromatic heterocycles. The third kappa shape index (κ3) is 11.0. The lowest BCUT2D eigenvalue weighted by atomic mass is 9.99. The largest absolute Gasteiger partial charge is 0.497 e. The molecule has 2 N–H and O–H groups in total. The van der Waals surface area contributed by atoms with Crippen molar-refractivity contribution in [3.8, 4) is 5.75 Å². The van der Waals surface area contributed by atoms with Crippen molar-refractivity contribution >= 4 is 29.8 Å². The zero-order valence-electron chi connectivity index (χ0n) is 26.2. The molecule has 0 unspecified atom stereocenters. The Morgan fingerprint density at radius 3 is 2.32 bits per heavy atom. The van der Waals surface area contributed by atoms with Gasteiger partial charge >= 0.3 is 11.9 Å². The molecule has 2 aromatic rings. The van der Waals surface area contributed by atoms with Gasteiger partial charge in [-0.25, -0.2) is 4.79 Å². The lowest BCUT2D eigenvalue weighted by Crippen LogP contribution is -2.49. The topological polar surface area (TPSA) is 120 Å². The van der Waals surface area contributed by atoms with Gasteiger partial charge in [-0.3, -0.25) is 14.4 Å². The Morgan fingerprint density at radius 2 is 1.66 bits per heavy atom. The first-order valence-electron chi connectivity index (χ1n) is 15.1. The van der Waals surface area contributed by atoms with E-state index >= 15 is 0 Å². The highest BCUT2D eigenvalue weighted by Crippen LogP contribution is 2.20. The van der Waals surface area contributed by atoms with Crippen molar-refractivity contribution in [2.45, 2.75) is 65.2 Å². The molecule has 9 nitrogen and oxygen atoms in total. The van der Waals surface area contributed by atoms with Crippen molar-refractivity contribution in [1.29, 1.82) is 0 Å². The molecule has 0 bridgehead atoms. The van der Waals surface area contributed by atoms with Crippen LogP contribution in [0.2, 0.25) is 0 Å². The summed E-state index contributed by atoms with van der Waals surface area (Å²) >= 11 is 0. The number of carbonyl (C=O) groups is 4. The third-order valence-electron chi connectivity index (χ3n) is 7.31. The minimum atomic E-state index is -1.10. The van der Waals surface area contributed by atoms with Crippen molar-refractivity contribution in [3.63, 3.8) is 0 Å². The Balaban J connectivity index is 1.88. The number of methoxy groups -OCH3 is 1. The van der Waals surface area contributed by atoms with E-state index in [9.17, 15) is 19.2 Å². The molecule has 5 atom stereocenters. The van der Waals surface area contributed by atoms with E-state index in [0.29, 0.717) is 5.75 Å². The molecular formula is C35H44N2O7. The molecule has 44 heavy (non-hydrogen) atoms. The van der Waals surface area contributed by atoms with Gasteiger partial charge in [-0.1, -0.05) is 88.4 Å². The van der Waals surface area contributed by atoms with Crippen LogP contribution in [0.1, 0.15) is 51.7 Å². The number of hydrogen-bond donors (Lipinski definition) is 2. The quantitative estimate of drug-likeness (QED) is 0.421. The summed E-state index contributed by atoms with van der Waals surface area (Å²) in [6.07, 6.45) is 5.87. The fourth-order valence-electron chi connectivity index (χ4n) is 4.62. The van der Waals surface area contributed by atoms with Crippen molar-refractivity contribution in [3.05, 3.63) is 84.0 Å². The fraction of sp³-hybridized carbons (Fsp3) is 0.429. The molecule has 0 saturated heterocycles. The number of amides is 2. The first-order valence-corrected chi connectivity index (χ1v) is 15.1.